The van der Waals surface area contributed by atoms with Crippen LogP contribution in [0.15, 0.2) is 42.7 Å². The van der Waals surface area contributed by atoms with Crippen molar-refractivity contribution in [3.63, 3.8) is 0 Å². The van der Waals surface area contributed by atoms with Crippen LogP contribution in [0.25, 0.3) is 0 Å². The molecule has 1 amide bonds. The van der Waals surface area contributed by atoms with E-state index in [4.69, 9.17) is 9.47 Å². The fourth-order valence-electron chi connectivity index (χ4n) is 4.79. The largest absolute Gasteiger partial charge is 0.496 e. The maximum absolute atomic E-state index is 12.8. The van der Waals surface area contributed by atoms with Gasteiger partial charge in [-0.15, -0.1) is 0 Å². The van der Waals surface area contributed by atoms with Gasteiger partial charge in [-0.2, -0.15) is 0 Å². The highest BCUT2D eigenvalue weighted by atomic mass is 16.5. The molecule has 1 aromatic heterocycles. The molecule has 0 aliphatic carbocycles. The van der Waals surface area contributed by atoms with Gasteiger partial charge in [-0.25, -0.2) is 4.57 Å². The number of carbonyl (C=O) groups excluding carboxylic acids is 1. The third-order valence-corrected chi connectivity index (χ3v) is 7.04. The molecule has 5 nitrogen and oxygen atoms in total. The molecule has 0 bridgehead atoms. The monoisotopic (exact) mass is 525 g/mol. The minimum absolute atomic E-state index is 0.147. The lowest BCUT2D eigenvalue weighted by molar-refractivity contribution is -0.697. The zero-order valence-electron chi connectivity index (χ0n) is 24.4. The van der Waals surface area contributed by atoms with Crippen molar-refractivity contribution in [1.29, 1.82) is 0 Å². The van der Waals surface area contributed by atoms with Gasteiger partial charge in [0.2, 0.25) is 0 Å². The predicted octanol–water partition coefficient (Wildman–Crippen LogP) is 8.18. The summed E-state index contributed by atoms with van der Waals surface area (Å²) in [4.78, 5) is 12.8. The van der Waals surface area contributed by atoms with Crippen LogP contribution in [-0.2, 0) is 13.1 Å². The molecule has 0 atom stereocenters. The Hall–Kier alpha value is -2.56. The first-order valence-corrected chi connectivity index (χ1v) is 15.2. The molecule has 2 rings (SSSR count). The maximum Gasteiger partial charge on any atom is 0.255 e. The second-order valence-corrected chi connectivity index (χ2v) is 10.4. The first-order chi connectivity index (χ1) is 18.7. The topological polar surface area (TPSA) is 51.4 Å². The molecule has 0 spiro atoms. The van der Waals surface area contributed by atoms with Crippen LogP contribution in [0.1, 0.15) is 126 Å². The summed E-state index contributed by atoms with van der Waals surface area (Å²) in [6.45, 7) is 6.57. The summed E-state index contributed by atoms with van der Waals surface area (Å²) in [5.41, 5.74) is 1.59. The molecule has 2 aromatic rings. The Labute approximate surface area is 232 Å². The number of nitrogens with one attached hydrogen (secondary N) is 1. The number of aromatic nitrogens is 1. The Morgan fingerprint density at radius 2 is 1.45 bits per heavy atom. The Morgan fingerprint density at radius 1 is 0.816 bits per heavy atom. The van der Waals surface area contributed by atoms with E-state index in [0.29, 0.717) is 24.5 Å². The molecule has 1 heterocycles. The minimum atomic E-state index is -0.147. The van der Waals surface area contributed by atoms with Crippen molar-refractivity contribution in [3.05, 3.63) is 53.9 Å². The quantitative estimate of drug-likeness (QED) is 0.125. The van der Waals surface area contributed by atoms with Gasteiger partial charge in [-0.3, -0.25) is 4.79 Å². The van der Waals surface area contributed by atoms with E-state index >= 15 is 0 Å². The van der Waals surface area contributed by atoms with Crippen LogP contribution in [0.3, 0.4) is 0 Å². The SMILES string of the molecule is CCCCCCCCCCCCCCCCOc1ccc(C(=O)NCc2ccc[n+](CCC)c2)c(OC)c1. The number of methoxy groups -OCH3 is 1. The molecule has 38 heavy (non-hydrogen) atoms. The predicted molar refractivity (Wildman–Crippen MR) is 157 cm³/mol. The molecule has 0 saturated carbocycles. The van der Waals surface area contributed by atoms with E-state index in [9.17, 15) is 4.79 Å². The number of aryl methyl sites for hydroxylation is 1. The van der Waals surface area contributed by atoms with Gasteiger partial charge >= 0.3 is 0 Å². The number of amides is 1. The lowest BCUT2D eigenvalue weighted by atomic mass is 10.0. The van der Waals surface area contributed by atoms with Crippen LogP contribution in [0.4, 0.5) is 0 Å². The smallest absolute Gasteiger partial charge is 0.255 e. The van der Waals surface area contributed by atoms with Crippen molar-refractivity contribution in [2.24, 2.45) is 0 Å². The molecule has 1 N–H and O–H groups in total. The van der Waals surface area contributed by atoms with Gasteiger partial charge in [0, 0.05) is 30.7 Å². The highest BCUT2D eigenvalue weighted by Gasteiger charge is 2.14. The molecule has 0 aliphatic heterocycles. The Morgan fingerprint density at radius 3 is 2.05 bits per heavy atom. The summed E-state index contributed by atoms with van der Waals surface area (Å²) in [5, 5.41) is 3.01. The molecule has 0 unspecified atom stereocenters. The highest BCUT2D eigenvalue weighted by Crippen LogP contribution is 2.25. The van der Waals surface area contributed by atoms with Gasteiger partial charge in [0.15, 0.2) is 12.4 Å². The normalized spacial score (nSPS) is 10.9. The molecule has 0 aliphatic rings. The Balaban J connectivity index is 1.58. The Kier molecular flexibility index (Phi) is 17.0. The van der Waals surface area contributed by atoms with E-state index in [1.165, 1.54) is 83.5 Å². The summed E-state index contributed by atoms with van der Waals surface area (Å²) in [5.74, 6) is 1.14. The van der Waals surface area contributed by atoms with Crippen molar-refractivity contribution in [3.8, 4) is 11.5 Å². The number of ether oxygens (including phenoxy) is 2. The average molecular weight is 526 g/mol. The molecular weight excluding hydrogens is 472 g/mol. The number of unbranched alkanes of at least 4 members (excludes halogenated alkanes) is 13. The number of carbonyl (C=O) groups is 1. The number of hydrogen-bond donors (Lipinski definition) is 1. The molecule has 5 heteroatoms. The lowest BCUT2D eigenvalue weighted by Gasteiger charge is -2.12. The molecule has 0 fully saturated rings. The van der Waals surface area contributed by atoms with Crippen LogP contribution in [0.2, 0.25) is 0 Å². The number of pyridine rings is 1. The van der Waals surface area contributed by atoms with Crippen LogP contribution in [-0.4, -0.2) is 19.6 Å². The lowest BCUT2D eigenvalue weighted by Crippen LogP contribution is -2.34. The van der Waals surface area contributed by atoms with Gasteiger partial charge in [-0.05, 0) is 24.6 Å². The number of nitrogens with zero attached hydrogens (tertiary/aromatic N) is 1. The molecular formula is C33H53N2O3+. The van der Waals surface area contributed by atoms with E-state index in [1.807, 2.05) is 24.3 Å². The zero-order chi connectivity index (χ0) is 27.3. The summed E-state index contributed by atoms with van der Waals surface area (Å²) < 4.78 is 13.6. The first-order valence-electron chi connectivity index (χ1n) is 15.2. The van der Waals surface area contributed by atoms with Gasteiger partial charge < -0.3 is 14.8 Å². The van der Waals surface area contributed by atoms with E-state index in [2.05, 4.69) is 36.1 Å². The minimum Gasteiger partial charge on any atom is -0.496 e. The second kappa shape index (κ2) is 20.4. The van der Waals surface area contributed by atoms with Gasteiger partial charge in [0.05, 0.1) is 19.3 Å². The third-order valence-electron chi connectivity index (χ3n) is 7.04. The fourth-order valence-corrected chi connectivity index (χ4v) is 4.79. The van der Waals surface area contributed by atoms with Crippen molar-refractivity contribution >= 4 is 5.91 Å². The summed E-state index contributed by atoms with van der Waals surface area (Å²) in [7, 11) is 1.59. The van der Waals surface area contributed by atoms with Gasteiger partial charge in [0.1, 0.15) is 18.0 Å². The number of rotatable bonds is 22. The maximum atomic E-state index is 12.8. The van der Waals surface area contributed by atoms with Gasteiger partial charge in [-0.1, -0.05) is 97.3 Å². The van der Waals surface area contributed by atoms with E-state index in [0.717, 1.165) is 30.7 Å². The molecule has 0 radical (unpaired) electrons. The van der Waals surface area contributed by atoms with Crippen LogP contribution < -0.4 is 19.4 Å². The van der Waals surface area contributed by atoms with E-state index in [1.54, 1.807) is 13.2 Å². The molecule has 212 valence electrons. The molecule has 0 saturated heterocycles. The van der Waals surface area contributed by atoms with Crippen molar-refractivity contribution < 1.29 is 18.8 Å². The fraction of sp³-hybridized carbons (Fsp3) is 0.636. The third kappa shape index (κ3) is 13.3. The highest BCUT2D eigenvalue weighted by molar-refractivity contribution is 5.97. The van der Waals surface area contributed by atoms with E-state index < -0.39 is 0 Å². The number of hydrogen-bond acceptors (Lipinski definition) is 3. The average Bonchev–Trinajstić information content (AvgIpc) is 2.94. The first kappa shape index (κ1) is 31.7. The second-order valence-electron chi connectivity index (χ2n) is 10.4. The van der Waals surface area contributed by atoms with Crippen molar-refractivity contribution in [2.45, 2.75) is 123 Å². The Bertz CT molecular complexity index is 900. The van der Waals surface area contributed by atoms with Crippen molar-refractivity contribution in [1.82, 2.24) is 5.32 Å². The summed E-state index contributed by atoms with van der Waals surface area (Å²) in [6.07, 6.45) is 24.1. The van der Waals surface area contributed by atoms with Gasteiger partial charge in [0.25, 0.3) is 5.91 Å². The molecule has 1 aromatic carbocycles. The van der Waals surface area contributed by atoms with Crippen LogP contribution >= 0.6 is 0 Å². The zero-order valence-corrected chi connectivity index (χ0v) is 24.4. The van der Waals surface area contributed by atoms with E-state index in [-0.39, 0.29) is 5.91 Å². The van der Waals surface area contributed by atoms with Crippen LogP contribution in [0, 0.1) is 0 Å². The summed E-state index contributed by atoms with van der Waals surface area (Å²) in [6, 6.07) is 9.51. The number of benzene rings is 1. The summed E-state index contributed by atoms with van der Waals surface area (Å²) >= 11 is 0. The van der Waals surface area contributed by atoms with Crippen molar-refractivity contribution in [2.75, 3.05) is 13.7 Å². The van der Waals surface area contributed by atoms with Crippen LogP contribution in [0.5, 0.6) is 11.5 Å². The standard InChI is InChI=1S/C33H52N2O3/c1-4-6-7-8-9-10-11-12-13-14-15-16-17-18-25-38-30-21-22-31(32(26-30)37-3)33(36)34-27-29-20-19-24-35(28-29)23-5-2/h19-22,24,26,28H,4-18,23,25,27H2,1-3H3/p+1.